The smallest absolute Gasteiger partial charge is 0.210 e. The first-order valence-corrected chi connectivity index (χ1v) is 10.1. The van der Waals surface area contributed by atoms with Crippen molar-refractivity contribution in [1.29, 1.82) is 0 Å². The maximum absolute atomic E-state index is 11.6. The molecule has 1 fully saturated rings. The molecular weight excluding hydrogens is 414 g/mol. The minimum Gasteiger partial charge on any atom is -0.493 e. The average Bonchev–Trinajstić information content (AvgIpc) is 3.12. The van der Waals surface area contributed by atoms with Gasteiger partial charge < -0.3 is 23.8 Å². The first-order chi connectivity index (χ1) is 13.0. The van der Waals surface area contributed by atoms with E-state index in [0.29, 0.717) is 31.9 Å². The molecule has 0 N–H and O–H groups in total. The Hall–Kier alpha value is -1.57. The van der Waals surface area contributed by atoms with Crippen LogP contribution in [-0.2, 0) is 26.2 Å². The molecule has 7 heteroatoms. The van der Waals surface area contributed by atoms with Gasteiger partial charge in [-0.3, -0.25) is 4.79 Å². The highest BCUT2D eigenvalue weighted by molar-refractivity contribution is 9.10. The predicted octanol–water partition coefficient (Wildman–Crippen LogP) is 2.91. The molecule has 0 saturated carbocycles. The van der Waals surface area contributed by atoms with Crippen LogP contribution in [0, 0.1) is 0 Å². The van der Waals surface area contributed by atoms with Crippen molar-refractivity contribution in [3.8, 4) is 11.5 Å². The largest absolute Gasteiger partial charge is 0.493 e. The summed E-state index contributed by atoms with van der Waals surface area (Å²) in [5.41, 5.74) is 1.89. The topological polar surface area (TPSA) is 57.2 Å². The highest BCUT2D eigenvalue weighted by Gasteiger charge is 2.58. The third-order valence-corrected chi connectivity index (χ3v) is 6.92. The zero-order valence-corrected chi connectivity index (χ0v) is 17.0. The monoisotopic (exact) mass is 435 g/mol. The van der Waals surface area contributed by atoms with Crippen molar-refractivity contribution in [2.24, 2.45) is 0 Å². The average molecular weight is 436 g/mol. The van der Waals surface area contributed by atoms with Gasteiger partial charge in [0.05, 0.1) is 25.2 Å². The van der Waals surface area contributed by atoms with E-state index in [0.717, 1.165) is 34.2 Å². The highest BCUT2D eigenvalue weighted by Crippen LogP contribution is 2.58. The van der Waals surface area contributed by atoms with Gasteiger partial charge in [0.15, 0.2) is 17.3 Å². The lowest BCUT2D eigenvalue weighted by Gasteiger charge is -2.40. The lowest BCUT2D eigenvalue weighted by molar-refractivity contribution is -0.154. The Bertz CT molecular complexity index is 842. The molecule has 1 aromatic carbocycles. The van der Waals surface area contributed by atoms with Gasteiger partial charge in [0.2, 0.25) is 6.41 Å². The normalized spacial score (nSPS) is 36.2. The minimum absolute atomic E-state index is 0.0615. The number of ether oxygens (including phenoxy) is 4. The number of carbonyl (C=O) groups excluding carboxylic acids is 1. The molecule has 2 spiro atoms. The number of nitrogens with zero attached hydrogens (tertiary/aromatic N) is 1. The van der Waals surface area contributed by atoms with Crippen molar-refractivity contribution in [1.82, 2.24) is 4.90 Å². The minimum atomic E-state index is -0.724. The maximum Gasteiger partial charge on any atom is 0.210 e. The fraction of sp³-hybridized carbons (Fsp3) is 0.550. The lowest BCUT2D eigenvalue weighted by Crippen LogP contribution is -2.48. The molecule has 0 aromatic heterocycles. The van der Waals surface area contributed by atoms with Gasteiger partial charge in [-0.2, -0.15) is 0 Å². The molecule has 4 aliphatic rings. The van der Waals surface area contributed by atoms with E-state index in [4.69, 9.17) is 18.9 Å². The maximum atomic E-state index is 11.6. The Balaban J connectivity index is 1.68. The summed E-state index contributed by atoms with van der Waals surface area (Å²) in [5.74, 6) is 0.762. The fourth-order valence-electron chi connectivity index (χ4n) is 4.92. The Morgan fingerprint density at radius 1 is 1.41 bits per heavy atom. The third-order valence-electron chi connectivity index (χ3n) is 6.21. The van der Waals surface area contributed by atoms with E-state index in [2.05, 4.69) is 28.1 Å². The molecule has 1 amide bonds. The first-order valence-electron chi connectivity index (χ1n) is 9.28. The van der Waals surface area contributed by atoms with Gasteiger partial charge in [0.1, 0.15) is 6.10 Å². The number of amides is 1. The molecule has 0 radical (unpaired) electrons. The van der Waals surface area contributed by atoms with E-state index in [1.165, 1.54) is 0 Å². The lowest BCUT2D eigenvalue weighted by atomic mass is 9.68. The number of carbonyl (C=O) groups is 1. The number of hydrogen-bond acceptors (Lipinski definition) is 5. The van der Waals surface area contributed by atoms with Crippen molar-refractivity contribution in [3.05, 3.63) is 33.8 Å². The quantitative estimate of drug-likeness (QED) is 0.527. The van der Waals surface area contributed by atoms with Crippen LogP contribution in [0.4, 0.5) is 0 Å². The zero-order chi connectivity index (χ0) is 18.8. The summed E-state index contributed by atoms with van der Waals surface area (Å²) in [6.07, 6.45) is 6.51. The fourth-order valence-corrected chi connectivity index (χ4v) is 5.45. The standard InChI is InChI=1S/C20H22BrNO5/c1-12-10-25-20(27-12)4-3-19-5-6-22(11-23)9-13-14(21)7-15(24-2)18(17(13)19)26-16(19)8-20/h3-4,7,11-12,16H,5-6,8-10H2,1-2H3/t12?,16?,19-,20?/m0/s1. The van der Waals surface area contributed by atoms with E-state index >= 15 is 0 Å². The van der Waals surface area contributed by atoms with Crippen LogP contribution in [-0.4, -0.2) is 49.6 Å². The second kappa shape index (κ2) is 5.96. The molecule has 1 aromatic rings. The van der Waals surface area contributed by atoms with Gasteiger partial charge in [-0.25, -0.2) is 0 Å². The summed E-state index contributed by atoms with van der Waals surface area (Å²) in [5, 5.41) is 0. The van der Waals surface area contributed by atoms with Crippen molar-refractivity contribution in [3.63, 3.8) is 0 Å². The summed E-state index contributed by atoms with van der Waals surface area (Å²) in [6, 6.07) is 1.93. The predicted molar refractivity (Wildman–Crippen MR) is 101 cm³/mol. The highest BCUT2D eigenvalue weighted by atomic mass is 79.9. The van der Waals surface area contributed by atoms with E-state index in [-0.39, 0.29) is 17.6 Å². The van der Waals surface area contributed by atoms with Gasteiger partial charge >= 0.3 is 0 Å². The number of benzene rings is 1. The van der Waals surface area contributed by atoms with Crippen LogP contribution in [0.3, 0.4) is 0 Å². The second-order valence-electron chi connectivity index (χ2n) is 7.80. The Morgan fingerprint density at radius 3 is 2.96 bits per heavy atom. The Labute approximate surface area is 166 Å². The van der Waals surface area contributed by atoms with Crippen LogP contribution >= 0.6 is 15.9 Å². The molecule has 3 aliphatic heterocycles. The Morgan fingerprint density at radius 2 is 2.26 bits per heavy atom. The molecule has 4 atom stereocenters. The Kier molecular flexibility index (Phi) is 3.87. The van der Waals surface area contributed by atoms with Crippen molar-refractivity contribution in [2.45, 2.75) is 49.7 Å². The molecule has 5 rings (SSSR count). The summed E-state index contributed by atoms with van der Waals surface area (Å²) in [6.45, 7) is 3.82. The van der Waals surface area contributed by atoms with Gasteiger partial charge in [0, 0.05) is 29.5 Å². The number of hydrogen-bond donors (Lipinski definition) is 0. The third kappa shape index (κ3) is 2.41. The molecule has 144 valence electrons. The second-order valence-corrected chi connectivity index (χ2v) is 8.66. The molecule has 0 bridgehead atoms. The molecule has 6 nitrogen and oxygen atoms in total. The van der Waals surface area contributed by atoms with Crippen LogP contribution in [0.2, 0.25) is 0 Å². The molecule has 1 aliphatic carbocycles. The van der Waals surface area contributed by atoms with Crippen LogP contribution in [0.15, 0.2) is 22.7 Å². The van der Waals surface area contributed by atoms with Gasteiger partial charge in [0.25, 0.3) is 0 Å². The van der Waals surface area contributed by atoms with Crippen LogP contribution in [0.25, 0.3) is 0 Å². The van der Waals surface area contributed by atoms with Crippen molar-refractivity contribution >= 4 is 22.3 Å². The van der Waals surface area contributed by atoms with Crippen LogP contribution in [0.1, 0.15) is 30.9 Å². The summed E-state index contributed by atoms with van der Waals surface area (Å²) in [4.78, 5) is 13.4. The number of halogens is 1. The van der Waals surface area contributed by atoms with E-state index in [1.807, 2.05) is 17.9 Å². The van der Waals surface area contributed by atoms with Crippen molar-refractivity contribution in [2.75, 3.05) is 20.3 Å². The van der Waals surface area contributed by atoms with Crippen LogP contribution in [0.5, 0.6) is 11.5 Å². The van der Waals surface area contributed by atoms with Crippen LogP contribution < -0.4 is 9.47 Å². The van der Waals surface area contributed by atoms with E-state index < -0.39 is 5.79 Å². The molecular formula is C20H22BrNO5. The molecule has 27 heavy (non-hydrogen) atoms. The summed E-state index contributed by atoms with van der Waals surface area (Å²) >= 11 is 3.68. The SMILES string of the molecule is COc1cc(Br)c2c3c1OC1CC4(C=C[C@@]31CCN(C=O)C2)OCC(C)O4. The molecule has 3 unspecified atom stereocenters. The van der Waals surface area contributed by atoms with Gasteiger partial charge in [-0.05, 0) is 31.1 Å². The summed E-state index contributed by atoms with van der Waals surface area (Å²) < 4.78 is 25.1. The van der Waals surface area contributed by atoms with E-state index in [9.17, 15) is 4.79 Å². The van der Waals surface area contributed by atoms with Crippen molar-refractivity contribution < 1.29 is 23.7 Å². The summed E-state index contributed by atoms with van der Waals surface area (Å²) in [7, 11) is 1.65. The number of methoxy groups -OCH3 is 1. The molecule has 1 saturated heterocycles. The van der Waals surface area contributed by atoms with Gasteiger partial charge in [-0.15, -0.1) is 0 Å². The zero-order valence-electron chi connectivity index (χ0n) is 15.4. The van der Waals surface area contributed by atoms with E-state index in [1.54, 1.807) is 7.11 Å². The van der Waals surface area contributed by atoms with Gasteiger partial charge in [-0.1, -0.05) is 22.0 Å². The molecule has 3 heterocycles. The first kappa shape index (κ1) is 17.5. The number of rotatable bonds is 2.